The van der Waals surface area contributed by atoms with Gasteiger partial charge in [-0.1, -0.05) is 45.7 Å². The maximum Gasteiger partial charge on any atom is 0.170 e. The van der Waals surface area contributed by atoms with Crippen molar-refractivity contribution in [2.45, 2.75) is 6.04 Å². The Hall–Kier alpha value is -1.10. The van der Waals surface area contributed by atoms with Crippen LogP contribution in [-0.2, 0) is 0 Å². The minimum Gasteiger partial charge on any atom is -0.494 e. The monoisotopic (exact) mass is 357 g/mol. The summed E-state index contributed by atoms with van der Waals surface area (Å²) in [5.41, 5.74) is 1.31. The molecule has 2 aromatic rings. The third-order valence-electron chi connectivity index (χ3n) is 3.09. The summed E-state index contributed by atoms with van der Waals surface area (Å²) in [5.74, 6) is -0.163. The smallest absolute Gasteiger partial charge is 0.170 e. The molecule has 2 aromatic carbocycles. The van der Waals surface area contributed by atoms with Gasteiger partial charge in [-0.05, 0) is 30.8 Å². The van der Waals surface area contributed by atoms with Crippen LogP contribution in [0.15, 0.2) is 40.9 Å². The molecule has 0 radical (unpaired) electrons. The summed E-state index contributed by atoms with van der Waals surface area (Å²) in [6.45, 7) is 0. The SMILES string of the molecule is CNC(c1ccc(Br)cc1Cl)c1cccc(OC)c1F. The van der Waals surface area contributed by atoms with E-state index in [-0.39, 0.29) is 17.6 Å². The lowest BCUT2D eigenvalue weighted by atomic mass is 9.98. The lowest BCUT2D eigenvalue weighted by Gasteiger charge is -2.20. The molecule has 5 heteroatoms. The van der Waals surface area contributed by atoms with E-state index in [0.717, 1.165) is 10.0 Å². The van der Waals surface area contributed by atoms with E-state index in [4.69, 9.17) is 16.3 Å². The van der Waals surface area contributed by atoms with E-state index in [1.165, 1.54) is 7.11 Å². The largest absolute Gasteiger partial charge is 0.494 e. The van der Waals surface area contributed by atoms with Crippen molar-refractivity contribution in [1.82, 2.24) is 5.32 Å². The fourth-order valence-corrected chi connectivity index (χ4v) is 2.91. The highest BCUT2D eigenvalue weighted by molar-refractivity contribution is 9.10. The van der Waals surface area contributed by atoms with Crippen molar-refractivity contribution in [3.63, 3.8) is 0 Å². The van der Waals surface area contributed by atoms with E-state index in [0.29, 0.717) is 10.6 Å². The maximum absolute atomic E-state index is 14.4. The van der Waals surface area contributed by atoms with Gasteiger partial charge < -0.3 is 10.1 Å². The molecule has 1 atom stereocenters. The number of hydrogen-bond donors (Lipinski definition) is 1. The molecule has 1 unspecified atom stereocenters. The number of ether oxygens (including phenoxy) is 1. The molecule has 0 aliphatic rings. The zero-order valence-electron chi connectivity index (χ0n) is 11.1. The van der Waals surface area contributed by atoms with Crippen LogP contribution in [0.4, 0.5) is 4.39 Å². The van der Waals surface area contributed by atoms with Crippen LogP contribution in [0.3, 0.4) is 0 Å². The maximum atomic E-state index is 14.4. The second-order valence-corrected chi connectivity index (χ2v) is 5.57. The molecule has 0 bridgehead atoms. The number of benzene rings is 2. The van der Waals surface area contributed by atoms with E-state index in [9.17, 15) is 4.39 Å². The first kappa shape index (κ1) is 15.3. The number of methoxy groups -OCH3 is 1. The molecule has 0 aromatic heterocycles. The van der Waals surface area contributed by atoms with Gasteiger partial charge in [0.1, 0.15) is 0 Å². The molecule has 0 saturated carbocycles. The van der Waals surface area contributed by atoms with Crippen molar-refractivity contribution in [2.24, 2.45) is 0 Å². The molecular formula is C15H14BrClFNO. The van der Waals surface area contributed by atoms with Crippen molar-refractivity contribution in [3.8, 4) is 5.75 Å². The zero-order valence-corrected chi connectivity index (χ0v) is 13.4. The van der Waals surface area contributed by atoms with Crippen LogP contribution in [0.1, 0.15) is 17.2 Å². The standard InChI is InChI=1S/C15H14BrClFNO/c1-19-15(10-7-6-9(16)8-12(10)17)11-4-3-5-13(20-2)14(11)18/h3-8,15,19H,1-2H3. The Morgan fingerprint density at radius 2 is 2.00 bits per heavy atom. The van der Waals surface area contributed by atoms with Gasteiger partial charge in [-0.2, -0.15) is 0 Å². The van der Waals surface area contributed by atoms with Crippen molar-refractivity contribution in [2.75, 3.05) is 14.2 Å². The van der Waals surface area contributed by atoms with Crippen molar-refractivity contribution < 1.29 is 9.13 Å². The van der Waals surface area contributed by atoms with Crippen LogP contribution < -0.4 is 10.1 Å². The van der Waals surface area contributed by atoms with Gasteiger partial charge in [0, 0.05) is 15.1 Å². The molecule has 20 heavy (non-hydrogen) atoms. The van der Waals surface area contributed by atoms with Gasteiger partial charge in [0.25, 0.3) is 0 Å². The number of halogens is 3. The average Bonchev–Trinajstić information content (AvgIpc) is 2.43. The molecule has 0 aliphatic carbocycles. The summed E-state index contributed by atoms with van der Waals surface area (Å²) in [6.07, 6.45) is 0. The quantitative estimate of drug-likeness (QED) is 0.865. The lowest BCUT2D eigenvalue weighted by molar-refractivity contribution is 0.382. The highest BCUT2D eigenvalue weighted by Gasteiger charge is 2.20. The average molecular weight is 359 g/mol. The predicted molar refractivity (Wildman–Crippen MR) is 83.0 cm³/mol. The fraction of sp³-hybridized carbons (Fsp3) is 0.200. The van der Waals surface area contributed by atoms with E-state index in [1.54, 1.807) is 31.3 Å². The van der Waals surface area contributed by atoms with Crippen LogP contribution in [-0.4, -0.2) is 14.2 Å². The normalized spacial score (nSPS) is 12.2. The second kappa shape index (κ2) is 6.57. The summed E-state index contributed by atoms with van der Waals surface area (Å²) in [5, 5.41) is 3.66. The molecular weight excluding hydrogens is 345 g/mol. The van der Waals surface area contributed by atoms with Crippen LogP contribution in [0, 0.1) is 5.82 Å². The third kappa shape index (κ3) is 2.97. The molecule has 106 valence electrons. The molecule has 0 aliphatic heterocycles. The minimum atomic E-state index is -0.381. The van der Waals surface area contributed by atoms with Gasteiger partial charge in [-0.25, -0.2) is 4.39 Å². The van der Waals surface area contributed by atoms with E-state index in [2.05, 4.69) is 21.2 Å². The summed E-state index contributed by atoms with van der Waals surface area (Å²) in [7, 11) is 3.21. The topological polar surface area (TPSA) is 21.3 Å². The summed E-state index contributed by atoms with van der Waals surface area (Å²) in [4.78, 5) is 0. The Morgan fingerprint density at radius 3 is 2.60 bits per heavy atom. The molecule has 0 heterocycles. The van der Waals surface area contributed by atoms with Gasteiger partial charge >= 0.3 is 0 Å². The van der Waals surface area contributed by atoms with E-state index >= 15 is 0 Å². The van der Waals surface area contributed by atoms with Gasteiger partial charge in [-0.3, -0.25) is 0 Å². The first-order valence-corrected chi connectivity index (χ1v) is 7.20. The zero-order chi connectivity index (χ0) is 14.7. The molecule has 0 amide bonds. The van der Waals surface area contributed by atoms with Crippen LogP contribution in [0.5, 0.6) is 5.75 Å². The molecule has 2 rings (SSSR count). The number of hydrogen-bond acceptors (Lipinski definition) is 2. The fourth-order valence-electron chi connectivity index (χ4n) is 2.12. The van der Waals surface area contributed by atoms with Crippen LogP contribution in [0.25, 0.3) is 0 Å². The summed E-state index contributed by atoms with van der Waals surface area (Å²) >= 11 is 9.62. The lowest BCUT2D eigenvalue weighted by Crippen LogP contribution is -2.19. The Bertz CT molecular complexity index is 621. The second-order valence-electron chi connectivity index (χ2n) is 4.25. The Morgan fingerprint density at radius 1 is 1.25 bits per heavy atom. The Balaban J connectivity index is 2.52. The van der Waals surface area contributed by atoms with Gasteiger partial charge in [0.05, 0.1) is 13.2 Å². The molecule has 2 nitrogen and oxygen atoms in total. The molecule has 0 saturated heterocycles. The Labute approximate surface area is 131 Å². The van der Waals surface area contributed by atoms with Gasteiger partial charge in [0.15, 0.2) is 11.6 Å². The summed E-state index contributed by atoms with van der Waals surface area (Å²) in [6, 6.07) is 10.3. The predicted octanol–water partition coefficient (Wildman–Crippen LogP) is 4.56. The van der Waals surface area contributed by atoms with Gasteiger partial charge in [-0.15, -0.1) is 0 Å². The highest BCUT2D eigenvalue weighted by atomic mass is 79.9. The van der Waals surface area contributed by atoms with Crippen LogP contribution in [0.2, 0.25) is 5.02 Å². The van der Waals surface area contributed by atoms with Gasteiger partial charge in [0.2, 0.25) is 0 Å². The van der Waals surface area contributed by atoms with Crippen molar-refractivity contribution >= 4 is 27.5 Å². The van der Waals surface area contributed by atoms with Crippen molar-refractivity contribution in [1.29, 1.82) is 0 Å². The number of rotatable bonds is 4. The first-order valence-electron chi connectivity index (χ1n) is 6.03. The van der Waals surface area contributed by atoms with Crippen molar-refractivity contribution in [3.05, 3.63) is 62.8 Å². The first-order chi connectivity index (χ1) is 9.58. The summed E-state index contributed by atoms with van der Waals surface area (Å²) < 4.78 is 20.3. The van der Waals surface area contributed by atoms with Crippen LogP contribution >= 0.6 is 27.5 Å². The Kier molecular flexibility index (Phi) is 5.02. The molecule has 0 fully saturated rings. The number of nitrogens with one attached hydrogen (secondary N) is 1. The minimum absolute atomic E-state index is 0.219. The molecule has 1 N–H and O–H groups in total. The van der Waals surface area contributed by atoms with E-state index < -0.39 is 0 Å². The highest BCUT2D eigenvalue weighted by Crippen LogP contribution is 2.33. The third-order valence-corrected chi connectivity index (χ3v) is 3.91. The molecule has 0 spiro atoms. The van der Waals surface area contributed by atoms with E-state index in [1.807, 2.05) is 12.1 Å².